The van der Waals surface area contributed by atoms with Crippen LogP contribution in [0, 0.1) is 0 Å². The van der Waals surface area contributed by atoms with Gasteiger partial charge in [-0.1, -0.05) is 0 Å². The Morgan fingerprint density at radius 2 is 2.28 bits per heavy atom. The molecule has 0 bridgehead atoms. The molecule has 0 saturated carbocycles. The Balaban J connectivity index is 1.83. The predicted octanol–water partition coefficient (Wildman–Crippen LogP) is 3.34. The summed E-state index contributed by atoms with van der Waals surface area (Å²) in [6.07, 6.45) is 0.984. The number of fused-ring (bicyclic) bond motifs is 1. The Morgan fingerprint density at radius 3 is 3.04 bits per heavy atom. The molecule has 2 heterocycles. The Hall–Kier alpha value is -2.12. The molecule has 1 aromatic heterocycles. The average Bonchev–Trinajstić information content (AvgIpc) is 3.03. The molecule has 132 valence electrons. The van der Waals surface area contributed by atoms with Crippen molar-refractivity contribution in [2.75, 3.05) is 17.8 Å². The molecular formula is C17H18ClN3O3S. The number of nitrogens with zero attached hydrogens (tertiary/aromatic N) is 1. The van der Waals surface area contributed by atoms with E-state index in [0.717, 1.165) is 29.0 Å². The molecule has 1 aliphatic rings. The molecule has 25 heavy (non-hydrogen) atoms. The Kier molecular flexibility index (Phi) is 5.55. The molecule has 1 unspecified atom stereocenters. The van der Waals surface area contributed by atoms with Gasteiger partial charge in [-0.25, -0.2) is 4.98 Å². The number of alkyl halides is 1. The third-order valence-electron chi connectivity index (χ3n) is 3.79. The van der Waals surface area contributed by atoms with Gasteiger partial charge in [-0.2, -0.15) is 0 Å². The summed E-state index contributed by atoms with van der Waals surface area (Å²) in [4.78, 5) is 27.5. The SMILES string of the molecule is CC(=O)NC1CCOc2ccc(-c3csc(NC(=O)CCCl)n3)cc21. The highest BCUT2D eigenvalue weighted by Crippen LogP contribution is 2.36. The number of aromatic nitrogens is 1. The number of thiazole rings is 1. The second-order valence-corrected chi connectivity index (χ2v) is 6.90. The second-order valence-electron chi connectivity index (χ2n) is 5.67. The van der Waals surface area contributed by atoms with E-state index in [9.17, 15) is 9.59 Å². The van der Waals surface area contributed by atoms with Crippen LogP contribution in [0.4, 0.5) is 5.13 Å². The third kappa shape index (κ3) is 4.29. The normalized spacial score (nSPS) is 15.8. The lowest BCUT2D eigenvalue weighted by atomic mass is 9.97. The monoisotopic (exact) mass is 379 g/mol. The summed E-state index contributed by atoms with van der Waals surface area (Å²) in [5.74, 6) is 0.834. The molecule has 2 N–H and O–H groups in total. The van der Waals surface area contributed by atoms with Crippen LogP contribution < -0.4 is 15.4 Å². The Bertz CT molecular complexity index is 793. The van der Waals surface area contributed by atoms with Crippen LogP contribution in [-0.4, -0.2) is 29.3 Å². The van der Waals surface area contributed by atoms with E-state index in [1.165, 1.54) is 18.3 Å². The van der Waals surface area contributed by atoms with E-state index in [4.69, 9.17) is 16.3 Å². The first-order valence-corrected chi connectivity index (χ1v) is 9.34. The van der Waals surface area contributed by atoms with E-state index in [1.54, 1.807) is 0 Å². The summed E-state index contributed by atoms with van der Waals surface area (Å²) in [6.45, 7) is 2.08. The maximum Gasteiger partial charge on any atom is 0.227 e. The van der Waals surface area contributed by atoms with Gasteiger partial charge in [0.15, 0.2) is 5.13 Å². The van der Waals surface area contributed by atoms with Crippen molar-refractivity contribution in [3.05, 3.63) is 29.1 Å². The Labute approximate surface area is 154 Å². The van der Waals surface area contributed by atoms with Gasteiger partial charge in [-0.05, 0) is 18.2 Å². The molecule has 1 aromatic carbocycles. The van der Waals surface area contributed by atoms with Crippen molar-refractivity contribution < 1.29 is 14.3 Å². The van der Waals surface area contributed by atoms with Crippen molar-refractivity contribution in [1.29, 1.82) is 0 Å². The third-order valence-corrected chi connectivity index (χ3v) is 4.74. The van der Waals surface area contributed by atoms with Gasteiger partial charge in [0.25, 0.3) is 0 Å². The smallest absolute Gasteiger partial charge is 0.227 e. The topological polar surface area (TPSA) is 80.3 Å². The molecule has 1 atom stereocenters. The number of amides is 2. The molecule has 3 rings (SSSR count). The van der Waals surface area contributed by atoms with E-state index in [1.807, 2.05) is 23.6 Å². The summed E-state index contributed by atoms with van der Waals surface area (Å²) < 4.78 is 5.67. The quantitative estimate of drug-likeness (QED) is 0.781. The number of nitrogens with one attached hydrogen (secondary N) is 2. The maximum atomic E-state index is 11.6. The highest BCUT2D eigenvalue weighted by Gasteiger charge is 2.23. The second kappa shape index (κ2) is 7.84. The zero-order valence-corrected chi connectivity index (χ0v) is 15.2. The van der Waals surface area contributed by atoms with Crippen molar-refractivity contribution in [3.8, 4) is 17.0 Å². The first-order valence-electron chi connectivity index (χ1n) is 7.92. The summed E-state index contributed by atoms with van der Waals surface area (Å²) in [5, 5.41) is 8.11. The molecule has 0 spiro atoms. The van der Waals surface area contributed by atoms with Crippen molar-refractivity contribution >= 4 is 39.9 Å². The molecule has 2 amide bonds. The lowest BCUT2D eigenvalue weighted by Crippen LogP contribution is -2.30. The fourth-order valence-corrected chi connectivity index (χ4v) is 3.59. The highest BCUT2D eigenvalue weighted by atomic mass is 35.5. The van der Waals surface area contributed by atoms with E-state index >= 15 is 0 Å². The number of carbonyl (C=O) groups excluding carboxylic acids is 2. The van der Waals surface area contributed by atoms with Gasteiger partial charge in [-0.15, -0.1) is 22.9 Å². The number of anilines is 1. The van der Waals surface area contributed by atoms with Crippen LogP contribution >= 0.6 is 22.9 Å². The first-order chi connectivity index (χ1) is 12.1. The van der Waals surface area contributed by atoms with Crippen molar-refractivity contribution in [2.24, 2.45) is 0 Å². The lowest BCUT2D eigenvalue weighted by molar-refractivity contribution is -0.120. The van der Waals surface area contributed by atoms with Crippen LogP contribution in [0.3, 0.4) is 0 Å². The average molecular weight is 380 g/mol. The van der Waals surface area contributed by atoms with Gasteiger partial charge in [0.2, 0.25) is 11.8 Å². The van der Waals surface area contributed by atoms with Crippen molar-refractivity contribution in [3.63, 3.8) is 0 Å². The number of halogens is 1. The van der Waals surface area contributed by atoms with Gasteiger partial charge >= 0.3 is 0 Å². The lowest BCUT2D eigenvalue weighted by Gasteiger charge is -2.26. The summed E-state index contributed by atoms with van der Waals surface area (Å²) in [5.41, 5.74) is 2.62. The Morgan fingerprint density at radius 1 is 1.44 bits per heavy atom. The van der Waals surface area contributed by atoms with Gasteiger partial charge in [0, 0.05) is 42.2 Å². The minimum Gasteiger partial charge on any atom is -0.493 e. The largest absolute Gasteiger partial charge is 0.493 e. The van der Waals surface area contributed by atoms with E-state index in [2.05, 4.69) is 15.6 Å². The van der Waals surface area contributed by atoms with Gasteiger partial charge in [-0.3, -0.25) is 9.59 Å². The van der Waals surface area contributed by atoms with Crippen LogP contribution in [0.1, 0.15) is 31.4 Å². The maximum absolute atomic E-state index is 11.6. The van der Waals surface area contributed by atoms with E-state index < -0.39 is 0 Å². The minimum atomic E-state index is -0.152. The van der Waals surface area contributed by atoms with Crippen LogP contribution in [0.2, 0.25) is 0 Å². The summed E-state index contributed by atoms with van der Waals surface area (Å²) in [7, 11) is 0. The van der Waals surface area contributed by atoms with Crippen LogP contribution in [0.5, 0.6) is 5.75 Å². The van der Waals surface area contributed by atoms with Crippen molar-refractivity contribution in [2.45, 2.75) is 25.8 Å². The molecule has 1 aliphatic heterocycles. The number of carbonyl (C=O) groups is 2. The first kappa shape index (κ1) is 17.7. The highest BCUT2D eigenvalue weighted by molar-refractivity contribution is 7.14. The van der Waals surface area contributed by atoms with E-state index in [0.29, 0.717) is 11.7 Å². The van der Waals surface area contributed by atoms with Crippen molar-refractivity contribution in [1.82, 2.24) is 10.3 Å². The van der Waals surface area contributed by atoms with Gasteiger partial charge < -0.3 is 15.4 Å². The molecular weight excluding hydrogens is 362 g/mol. The fraction of sp³-hybridized carbons (Fsp3) is 0.353. The molecule has 0 fully saturated rings. The summed E-state index contributed by atoms with van der Waals surface area (Å²) >= 11 is 6.92. The van der Waals surface area contributed by atoms with Crippen LogP contribution in [0.15, 0.2) is 23.6 Å². The number of hydrogen-bond acceptors (Lipinski definition) is 5. The minimum absolute atomic E-state index is 0.0669. The van der Waals surface area contributed by atoms with Gasteiger partial charge in [0.05, 0.1) is 18.3 Å². The zero-order valence-electron chi connectivity index (χ0n) is 13.7. The number of ether oxygens (including phenoxy) is 1. The van der Waals surface area contributed by atoms with E-state index in [-0.39, 0.29) is 30.2 Å². The molecule has 6 nitrogen and oxygen atoms in total. The molecule has 0 aliphatic carbocycles. The summed E-state index contributed by atoms with van der Waals surface area (Å²) in [6, 6.07) is 5.73. The van der Waals surface area contributed by atoms with Crippen LogP contribution in [-0.2, 0) is 9.59 Å². The molecule has 0 saturated heterocycles. The molecule has 0 radical (unpaired) electrons. The fourth-order valence-electron chi connectivity index (χ4n) is 2.68. The molecule has 8 heteroatoms. The number of benzene rings is 1. The van der Waals surface area contributed by atoms with Gasteiger partial charge in [0.1, 0.15) is 5.75 Å². The number of hydrogen-bond donors (Lipinski definition) is 2. The zero-order chi connectivity index (χ0) is 17.8. The predicted molar refractivity (Wildman–Crippen MR) is 98.2 cm³/mol. The number of rotatable bonds is 5. The molecule has 2 aromatic rings. The van der Waals surface area contributed by atoms with Crippen LogP contribution in [0.25, 0.3) is 11.3 Å². The standard InChI is InChI=1S/C17H18ClN3O3S/c1-10(22)19-13-5-7-24-15-3-2-11(8-12(13)15)14-9-25-17(20-14)21-16(23)4-6-18/h2-3,8-9,13H,4-7H2,1H3,(H,19,22)(H,20,21,23).